The number of carboxylic acid groups (broad SMARTS) is 1. The first-order valence-corrected chi connectivity index (χ1v) is 10.8. The Balaban J connectivity index is 1.83. The smallest absolute Gasteiger partial charge is 0.310 e. The van der Waals surface area contributed by atoms with Gasteiger partial charge in [-0.2, -0.15) is 0 Å². The number of aliphatic carboxylic acids is 1. The minimum atomic E-state index is -0.758. The molecule has 2 rings (SSSR count). The number of hydrogen-bond acceptors (Lipinski definition) is 3. The Morgan fingerprint density at radius 2 is 1.52 bits per heavy atom. The molecule has 0 amide bonds. The molecule has 4 heteroatoms. The van der Waals surface area contributed by atoms with Crippen molar-refractivity contribution >= 4 is 23.4 Å². The largest absolute Gasteiger partial charge is 0.481 e. The summed E-state index contributed by atoms with van der Waals surface area (Å²) in [5.74, 6) is -1.18. The lowest BCUT2D eigenvalue weighted by molar-refractivity contribution is -0.138. The van der Waals surface area contributed by atoms with Gasteiger partial charge in [0, 0.05) is 22.0 Å². The van der Waals surface area contributed by atoms with E-state index in [1.165, 1.54) is 37.0 Å². The summed E-state index contributed by atoms with van der Waals surface area (Å²) in [6.07, 6.45) is 7.08. The topological polar surface area (TPSA) is 49.3 Å². The van der Waals surface area contributed by atoms with E-state index in [9.17, 15) is 9.90 Å². The minimum Gasteiger partial charge on any atom is -0.481 e. The second-order valence-electron chi connectivity index (χ2n) is 6.84. The summed E-state index contributed by atoms with van der Waals surface area (Å²) in [7, 11) is 0. The molecule has 2 N–H and O–H groups in total. The molecule has 0 saturated heterocycles. The van der Waals surface area contributed by atoms with Crippen LogP contribution in [0.3, 0.4) is 0 Å². The standard InChI is InChI=1S/C23H31NO2S/c1-3-5-6-7-8-17-24-19-11-15-21(16-12-19)27-20-13-9-18(10-14-20)22(4-2)23(25)26/h9-16,22,24H,3-8,17H2,1-2H3,(H,25,26). The van der Waals surface area contributed by atoms with Crippen LogP contribution in [0.25, 0.3) is 0 Å². The van der Waals surface area contributed by atoms with Gasteiger partial charge in [0.25, 0.3) is 0 Å². The number of benzene rings is 2. The van der Waals surface area contributed by atoms with Crippen LogP contribution in [0.2, 0.25) is 0 Å². The molecule has 0 heterocycles. The highest BCUT2D eigenvalue weighted by Crippen LogP contribution is 2.30. The van der Waals surface area contributed by atoms with E-state index in [-0.39, 0.29) is 0 Å². The number of carbonyl (C=O) groups is 1. The molecule has 146 valence electrons. The molecule has 0 aromatic heterocycles. The molecular formula is C23H31NO2S. The predicted molar refractivity (Wildman–Crippen MR) is 115 cm³/mol. The van der Waals surface area contributed by atoms with Crippen molar-refractivity contribution in [1.82, 2.24) is 0 Å². The minimum absolute atomic E-state index is 0.420. The lowest BCUT2D eigenvalue weighted by Gasteiger charge is -2.11. The third-order valence-corrected chi connectivity index (χ3v) is 5.70. The van der Waals surface area contributed by atoms with Crippen molar-refractivity contribution in [2.24, 2.45) is 0 Å². The van der Waals surface area contributed by atoms with Crippen LogP contribution in [-0.4, -0.2) is 17.6 Å². The first-order chi connectivity index (χ1) is 13.1. The van der Waals surface area contributed by atoms with Crippen molar-refractivity contribution in [3.63, 3.8) is 0 Å². The molecule has 0 aliphatic heterocycles. The van der Waals surface area contributed by atoms with Gasteiger partial charge < -0.3 is 10.4 Å². The second-order valence-corrected chi connectivity index (χ2v) is 7.98. The van der Waals surface area contributed by atoms with Gasteiger partial charge in [0.2, 0.25) is 0 Å². The fourth-order valence-electron chi connectivity index (χ4n) is 3.06. The Morgan fingerprint density at radius 3 is 2.07 bits per heavy atom. The number of carboxylic acids is 1. The van der Waals surface area contributed by atoms with Crippen molar-refractivity contribution in [2.45, 2.75) is 68.1 Å². The summed E-state index contributed by atoms with van der Waals surface area (Å²) in [6.45, 7) is 5.17. The molecule has 3 nitrogen and oxygen atoms in total. The monoisotopic (exact) mass is 385 g/mol. The van der Waals surface area contributed by atoms with Gasteiger partial charge in [-0.3, -0.25) is 4.79 Å². The summed E-state index contributed by atoms with van der Waals surface area (Å²) >= 11 is 1.69. The highest BCUT2D eigenvalue weighted by Gasteiger charge is 2.17. The fraction of sp³-hybridized carbons (Fsp3) is 0.435. The predicted octanol–water partition coefficient (Wildman–Crippen LogP) is 6.80. The molecule has 0 aliphatic carbocycles. The van der Waals surface area contributed by atoms with E-state index in [1.807, 2.05) is 31.2 Å². The van der Waals surface area contributed by atoms with Gasteiger partial charge in [-0.25, -0.2) is 0 Å². The van der Waals surface area contributed by atoms with Gasteiger partial charge in [-0.05, 0) is 54.8 Å². The normalized spacial score (nSPS) is 11.9. The van der Waals surface area contributed by atoms with Gasteiger partial charge in [-0.1, -0.05) is 63.4 Å². The molecular weight excluding hydrogens is 354 g/mol. The number of unbranched alkanes of at least 4 members (excludes halogenated alkanes) is 4. The lowest BCUT2D eigenvalue weighted by atomic mass is 9.97. The first kappa shape index (κ1) is 21.4. The summed E-state index contributed by atoms with van der Waals surface area (Å²) in [5.41, 5.74) is 2.03. The molecule has 0 bridgehead atoms. The Bertz CT molecular complexity index is 683. The van der Waals surface area contributed by atoms with Crippen LogP contribution in [0.1, 0.15) is 63.9 Å². The van der Waals surface area contributed by atoms with E-state index < -0.39 is 11.9 Å². The average Bonchev–Trinajstić information content (AvgIpc) is 2.67. The van der Waals surface area contributed by atoms with Crippen molar-refractivity contribution in [3.8, 4) is 0 Å². The van der Waals surface area contributed by atoms with Crippen LogP contribution >= 0.6 is 11.8 Å². The Hall–Kier alpha value is -1.94. The maximum absolute atomic E-state index is 11.3. The van der Waals surface area contributed by atoms with Crippen molar-refractivity contribution in [1.29, 1.82) is 0 Å². The van der Waals surface area contributed by atoms with Crippen LogP contribution in [0.5, 0.6) is 0 Å². The van der Waals surface area contributed by atoms with Crippen molar-refractivity contribution in [3.05, 3.63) is 54.1 Å². The molecule has 0 spiro atoms. The fourth-order valence-corrected chi connectivity index (χ4v) is 3.88. The maximum Gasteiger partial charge on any atom is 0.310 e. The summed E-state index contributed by atoms with van der Waals surface area (Å²) in [4.78, 5) is 13.6. The van der Waals surface area contributed by atoms with Crippen molar-refractivity contribution < 1.29 is 9.90 Å². The SMILES string of the molecule is CCCCCCCNc1ccc(Sc2ccc(C(CC)C(=O)O)cc2)cc1. The zero-order valence-electron chi connectivity index (χ0n) is 16.4. The maximum atomic E-state index is 11.3. The molecule has 1 atom stereocenters. The van der Waals surface area contributed by atoms with Gasteiger partial charge in [0.05, 0.1) is 5.92 Å². The molecule has 0 radical (unpaired) electrons. The van der Waals surface area contributed by atoms with Crippen LogP contribution in [0.15, 0.2) is 58.3 Å². The van der Waals surface area contributed by atoms with Crippen LogP contribution in [0, 0.1) is 0 Å². The van der Waals surface area contributed by atoms with E-state index in [0.29, 0.717) is 6.42 Å². The highest BCUT2D eigenvalue weighted by molar-refractivity contribution is 7.99. The average molecular weight is 386 g/mol. The highest BCUT2D eigenvalue weighted by atomic mass is 32.2. The van der Waals surface area contributed by atoms with E-state index >= 15 is 0 Å². The zero-order chi connectivity index (χ0) is 19.5. The van der Waals surface area contributed by atoms with Crippen LogP contribution < -0.4 is 5.32 Å². The number of anilines is 1. The van der Waals surface area contributed by atoms with Crippen LogP contribution in [0.4, 0.5) is 5.69 Å². The second kappa shape index (κ2) is 11.7. The van der Waals surface area contributed by atoms with E-state index in [0.717, 1.165) is 22.7 Å². The molecule has 0 saturated carbocycles. The van der Waals surface area contributed by atoms with Gasteiger partial charge in [-0.15, -0.1) is 0 Å². The number of nitrogens with one attached hydrogen (secondary N) is 1. The summed E-state index contributed by atoms with van der Waals surface area (Å²) in [6, 6.07) is 16.4. The first-order valence-electron chi connectivity index (χ1n) is 9.98. The summed E-state index contributed by atoms with van der Waals surface area (Å²) in [5, 5.41) is 12.7. The quantitative estimate of drug-likeness (QED) is 0.395. The van der Waals surface area contributed by atoms with Gasteiger partial charge in [0.15, 0.2) is 0 Å². The molecule has 2 aromatic rings. The Kier molecular flexibility index (Phi) is 9.26. The molecule has 2 aromatic carbocycles. The zero-order valence-corrected chi connectivity index (χ0v) is 17.2. The van der Waals surface area contributed by atoms with Crippen LogP contribution in [-0.2, 0) is 4.79 Å². The number of rotatable bonds is 12. The third-order valence-electron chi connectivity index (χ3n) is 4.69. The lowest BCUT2D eigenvalue weighted by Crippen LogP contribution is -2.10. The van der Waals surface area contributed by atoms with Gasteiger partial charge in [0.1, 0.15) is 0 Å². The van der Waals surface area contributed by atoms with E-state index in [1.54, 1.807) is 11.8 Å². The number of hydrogen-bond donors (Lipinski definition) is 2. The third kappa shape index (κ3) is 7.30. The van der Waals surface area contributed by atoms with E-state index in [4.69, 9.17) is 0 Å². The molecule has 1 unspecified atom stereocenters. The molecule has 0 aliphatic rings. The molecule has 0 fully saturated rings. The Morgan fingerprint density at radius 1 is 0.926 bits per heavy atom. The van der Waals surface area contributed by atoms with Crippen molar-refractivity contribution in [2.75, 3.05) is 11.9 Å². The van der Waals surface area contributed by atoms with Gasteiger partial charge >= 0.3 is 5.97 Å². The molecule has 27 heavy (non-hydrogen) atoms. The van der Waals surface area contributed by atoms with E-state index in [2.05, 4.69) is 36.5 Å². The Labute approximate surface area is 167 Å². The summed E-state index contributed by atoms with van der Waals surface area (Å²) < 4.78 is 0.